The minimum Gasteiger partial charge on any atom is -0.493 e. The van der Waals surface area contributed by atoms with E-state index in [9.17, 15) is 0 Å². The number of hydrogen-bond donors (Lipinski definition) is 1. The Morgan fingerprint density at radius 1 is 1.16 bits per heavy atom. The number of ether oxygens (including phenoxy) is 2. The first kappa shape index (κ1) is 13.2. The number of nitrogen functional groups attached to an aromatic ring is 1. The van der Waals surface area contributed by atoms with Crippen LogP contribution in [0.2, 0.25) is 0 Å². The van der Waals surface area contributed by atoms with E-state index in [1.165, 1.54) is 0 Å². The van der Waals surface area contributed by atoms with Crippen LogP contribution in [0.1, 0.15) is 11.1 Å². The molecule has 0 bridgehead atoms. The van der Waals surface area contributed by atoms with Gasteiger partial charge in [-0.1, -0.05) is 12.1 Å². The molecule has 0 unspecified atom stereocenters. The molecular weight excluding hydrogens is 240 g/mol. The Morgan fingerprint density at radius 2 is 1.89 bits per heavy atom. The summed E-state index contributed by atoms with van der Waals surface area (Å²) >= 11 is 0. The third-order valence-electron chi connectivity index (χ3n) is 3.00. The molecule has 0 saturated carbocycles. The molecule has 0 saturated heterocycles. The molecule has 4 nitrogen and oxygen atoms in total. The summed E-state index contributed by atoms with van der Waals surface area (Å²) in [6.45, 7) is 2.56. The van der Waals surface area contributed by atoms with E-state index < -0.39 is 0 Å². The van der Waals surface area contributed by atoms with Gasteiger partial charge >= 0.3 is 0 Å². The third kappa shape index (κ3) is 3.16. The molecule has 0 fully saturated rings. The van der Waals surface area contributed by atoms with Gasteiger partial charge in [0.1, 0.15) is 5.82 Å². The fraction of sp³-hybridized carbons (Fsp3) is 0.267. The van der Waals surface area contributed by atoms with E-state index in [4.69, 9.17) is 15.2 Å². The van der Waals surface area contributed by atoms with Gasteiger partial charge in [0.25, 0.3) is 0 Å². The van der Waals surface area contributed by atoms with Crippen molar-refractivity contribution in [1.29, 1.82) is 0 Å². The van der Waals surface area contributed by atoms with Crippen LogP contribution in [0, 0.1) is 6.92 Å². The molecule has 19 heavy (non-hydrogen) atoms. The van der Waals surface area contributed by atoms with Crippen LogP contribution in [-0.4, -0.2) is 18.7 Å². The first-order valence-electron chi connectivity index (χ1n) is 6.18. The van der Waals surface area contributed by atoms with Crippen molar-refractivity contribution in [2.45, 2.75) is 13.3 Å². The lowest BCUT2D eigenvalue weighted by Crippen LogP contribution is -2.07. The van der Waals surface area contributed by atoms with Crippen LogP contribution in [-0.2, 0) is 6.42 Å². The Kier molecular flexibility index (Phi) is 4.23. The van der Waals surface area contributed by atoms with Crippen LogP contribution >= 0.6 is 0 Å². The number of methoxy groups -OCH3 is 1. The zero-order valence-electron chi connectivity index (χ0n) is 11.2. The molecule has 4 heteroatoms. The van der Waals surface area contributed by atoms with E-state index in [1.807, 2.05) is 37.3 Å². The summed E-state index contributed by atoms with van der Waals surface area (Å²) < 4.78 is 11.0. The number of hydrogen-bond acceptors (Lipinski definition) is 4. The van der Waals surface area contributed by atoms with Gasteiger partial charge in [0.2, 0.25) is 0 Å². The smallest absolute Gasteiger partial charge is 0.161 e. The summed E-state index contributed by atoms with van der Waals surface area (Å²) in [5.41, 5.74) is 8.04. The second-order valence-corrected chi connectivity index (χ2v) is 4.24. The highest BCUT2D eigenvalue weighted by Crippen LogP contribution is 2.26. The summed E-state index contributed by atoms with van der Waals surface area (Å²) in [7, 11) is 1.63. The zero-order chi connectivity index (χ0) is 13.7. The minimum atomic E-state index is 0.539. The van der Waals surface area contributed by atoms with Crippen LogP contribution in [0.3, 0.4) is 0 Å². The van der Waals surface area contributed by atoms with Gasteiger partial charge in [-0.2, -0.15) is 0 Å². The summed E-state index contributed by atoms with van der Waals surface area (Å²) in [6, 6.07) is 9.54. The van der Waals surface area contributed by atoms with E-state index in [0.29, 0.717) is 12.4 Å². The number of aryl methyl sites for hydroxylation is 1. The SMILES string of the molecule is COc1ccccc1OCCc1c(C)ccnc1N. The predicted octanol–water partition coefficient (Wildman–Crippen LogP) is 2.60. The van der Waals surface area contributed by atoms with Gasteiger partial charge in [0.05, 0.1) is 13.7 Å². The van der Waals surface area contributed by atoms with Crippen molar-refractivity contribution in [2.24, 2.45) is 0 Å². The van der Waals surface area contributed by atoms with Crippen molar-refractivity contribution >= 4 is 5.82 Å². The van der Waals surface area contributed by atoms with E-state index >= 15 is 0 Å². The van der Waals surface area contributed by atoms with E-state index in [0.717, 1.165) is 29.0 Å². The minimum absolute atomic E-state index is 0.539. The second-order valence-electron chi connectivity index (χ2n) is 4.24. The van der Waals surface area contributed by atoms with E-state index in [-0.39, 0.29) is 0 Å². The number of benzene rings is 1. The molecule has 2 aromatic rings. The number of nitrogens with two attached hydrogens (primary N) is 1. The fourth-order valence-corrected chi connectivity index (χ4v) is 1.94. The molecule has 1 aromatic heterocycles. The molecule has 1 heterocycles. The largest absolute Gasteiger partial charge is 0.493 e. The molecule has 0 amide bonds. The molecule has 2 rings (SSSR count). The number of rotatable bonds is 5. The number of para-hydroxylation sites is 2. The lowest BCUT2D eigenvalue weighted by atomic mass is 10.1. The number of nitrogens with zero attached hydrogens (tertiary/aromatic N) is 1. The van der Waals surface area contributed by atoms with Crippen molar-refractivity contribution in [3.05, 3.63) is 47.7 Å². The maximum absolute atomic E-state index is 5.87. The topological polar surface area (TPSA) is 57.4 Å². The van der Waals surface area contributed by atoms with Crippen molar-refractivity contribution in [3.8, 4) is 11.5 Å². The van der Waals surface area contributed by atoms with Crippen molar-refractivity contribution in [1.82, 2.24) is 4.98 Å². The summed E-state index contributed by atoms with van der Waals surface area (Å²) in [6.07, 6.45) is 2.44. The Labute approximate surface area is 113 Å². The number of aromatic nitrogens is 1. The van der Waals surface area contributed by atoms with Crippen LogP contribution in [0.15, 0.2) is 36.5 Å². The van der Waals surface area contributed by atoms with E-state index in [2.05, 4.69) is 4.98 Å². The lowest BCUT2D eigenvalue weighted by Gasteiger charge is -2.12. The second kappa shape index (κ2) is 6.09. The molecule has 0 aliphatic rings. The summed E-state index contributed by atoms with van der Waals surface area (Å²) in [5.74, 6) is 2.05. The first-order valence-corrected chi connectivity index (χ1v) is 6.18. The maximum Gasteiger partial charge on any atom is 0.161 e. The Balaban J connectivity index is 2.00. The third-order valence-corrected chi connectivity index (χ3v) is 3.00. The van der Waals surface area contributed by atoms with Gasteiger partial charge < -0.3 is 15.2 Å². The van der Waals surface area contributed by atoms with Gasteiger partial charge in [0.15, 0.2) is 11.5 Å². The average Bonchev–Trinajstić information content (AvgIpc) is 2.42. The molecule has 2 N–H and O–H groups in total. The predicted molar refractivity (Wildman–Crippen MR) is 75.6 cm³/mol. The maximum atomic E-state index is 5.87. The van der Waals surface area contributed by atoms with Gasteiger partial charge in [0, 0.05) is 18.2 Å². The Morgan fingerprint density at radius 3 is 2.58 bits per heavy atom. The van der Waals surface area contributed by atoms with E-state index in [1.54, 1.807) is 13.3 Å². The van der Waals surface area contributed by atoms with Gasteiger partial charge in [-0.05, 0) is 30.7 Å². The normalized spacial score (nSPS) is 10.2. The Hall–Kier alpha value is -2.23. The molecule has 0 aliphatic carbocycles. The molecule has 100 valence electrons. The summed E-state index contributed by atoms with van der Waals surface area (Å²) in [4.78, 5) is 4.10. The van der Waals surface area contributed by atoms with Crippen LogP contribution in [0.5, 0.6) is 11.5 Å². The van der Waals surface area contributed by atoms with Crippen LogP contribution in [0.4, 0.5) is 5.82 Å². The number of anilines is 1. The molecule has 0 atom stereocenters. The quantitative estimate of drug-likeness (QED) is 0.895. The highest BCUT2D eigenvalue weighted by molar-refractivity contribution is 5.44. The molecule has 0 radical (unpaired) electrons. The molecule has 1 aromatic carbocycles. The highest BCUT2D eigenvalue weighted by Gasteiger charge is 2.06. The lowest BCUT2D eigenvalue weighted by molar-refractivity contribution is 0.297. The van der Waals surface area contributed by atoms with Crippen LogP contribution < -0.4 is 15.2 Å². The fourth-order valence-electron chi connectivity index (χ4n) is 1.94. The molecular formula is C15H18N2O2. The van der Waals surface area contributed by atoms with Crippen LogP contribution in [0.25, 0.3) is 0 Å². The molecule has 0 aliphatic heterocycles. The Bertz CT molecular complexity index is 535. The standard InChI is InChI=1S/C15H18N2O2/c1-11-7-9-17-15(16)12(11)8-10-19-14-6-4-3-5-13(14)18-2/h3-7,9H,8,10H2,1-2H3,(H2,16,17). The average molecular weight is 258 g/mol. The van der Waals surface area contributed by atoms with Crippen molar-refractivity contribution in [3.63, 3.8) is 0 Å². The monoisotopic (exact) mass is 258 g/mol. The zero-order valence-corrected chi connectivity index (χ0v) is 11.2. The van der Waals surface area contributed by atoms with Gasteiger partial charge in [-0.3, -0.25) is 0 Å². The van der Waals surface area contributed by atoms with Crippen molar-refractivity contribution in [2.75, 3.05) is 19.5 Å². The van der Waals surface area contributed by atoms with Crippen molar-refractivity contribution < 1.29 is 9.47 Å². The highest BCUT2D eigenvalue weighted by atomic mass is 16.5. The first-order chi connectivity index (χ1) is 9.22. The van der Waals surface area contributed by atoms with Gasteiger partial charge in [-0.15, -0.1) is 0 Å². The molecule has 0 spiro atoms. The van der Waals surface area contributed by atoms with Gasteiger partial charge in [-0.25, -0.2) is 4.98 Å². The number of pyridine rings is 1. The summed E-state index contributed by atoms with van der Waals surface area (Å²) in [5, 5.41) is 0.